The Labute approximate surface area is 217 Å². The van der Waals surface area contributed by atoms with Crippen molar-refractivity contribution in [1.29, 1.82) is 5.26 Å². The smallest absolute Gasteiger partial charge is 0.261 e. The molecule has 0 unspecified atom stereocenters. The average molecular weight is 529 g/mol. The average Bonchev–Trinajstić information content (AvgIpc) is 3.37. The van der Waals surface area contributed by atoms with E-state index in [9.17, 15) is 12.8 Å². The van der Waals surface area contributed by atoms with E-state index >= 15 is 0 Å². The van der Waals surface area contributed by atoms with Gasteiger partial charge in [-0.15, -0.1) is 0 Å². The number of halogens is 1. The summed E-state index contributed by atoms with van der Waals surface area (Å²) in [6.45, 7) is 0.484. The van der Waals surface area contributed by atoms with E-state index in [1.54, 1.807) is 24.3 Å². The lowest BCUT2D eigenvalue weighted by atomic mass is 10.1. The van der Waals surface area contributed by atoms with Crippen LogP contribution >= 0.6 is 0 Å². The zero-order valence-electron chi connectivity index (χ0n) is 19.8. The molecule has 2 aromatic heterocycles. The molecule has 5 aromatic rings. The lowest BCUT2D eigenvalue weighted by Gasteiger charge is -2.12. The van der Waals surface area contributed by atoms with Crippen LogP contribution < -0.4 is 15.4 Å². The number of fused-ring (bicyclic) bond motifs is 1. The third-order valence-electron chi connectivity index (χ3n) is 5.55. The standard InChI is InChI=1S/C26H21FN8O2S/c27-19-8-10-22(11-9-19)38(36,37)35-21-3-1-2-20(14-21)32-26-33-24(23-25(34-26)31-16-30-23)29-15-18-6-4-17(5-7-18)12-13-28/h1-11,14,16,35H,12,15H2,(H3,29,30,31,32,33,34). The monoisotopic (exact) mass is 528 g/mol. The Morgan fingerprint density at radius 2 is 1.68 bits per heavy atom. The summed E-state index contributed by atoms with van der Waals surface area (Å²) in [7, 11) is -3.90. The third kappa shape index (κ3) is 5.69. The van der Waals surface area contributed by atoms with Crippen molar-refractivity contribution in [2.45, 2.75) is 17.9 Å². The molecule has 12 heteroatoms. The molecule has 0 amide bonds. The van der Waals surface area contributed by atoms with Gasteiger partial charge in [-0.3, -0.25) is 4.72 Å². The van der Waals surface area contributed by atoms with E-state index in [0.29, 0.717) is 41.3 Å². The van der Waals surface area contributed by atoms with Gasteiger partial charge in [0.05, 0.1) is 29.4 Å². The summed E-state index contributed by atoms with van der Waals surface area (Å²) in [4.78, 5) is 16.2. The molecule has 0 saturated carbocycles. The maximum Gasteiger partial charge on any atom is 0.261 e. The lowest BCUT2D eigenvalue weighted by Crippen LogP contribution is -2.13. The number of aromatic nitrogens is 4. The van der Waals surface area contributed by atoms with Crippen molar-refractivity contribution in [3.63, 3.8) is 0 Å². The molecule has 38 heavy (non-hydrogen) atoms. The van der Waals surface area contributed by atoms with Gasteiger partial charge in [0.1, 0.15) is 11.3 Å². The first kappa shape index (κ1) is 24.7. The molecule has 0 radical (unpaired) electrons. The van der Waals surface area contributed by atoms with Gasteiger partial charge in [0.25, 0.3) is 10.0 Å². The molecular formula is C26H21FN8O2S. The Kier molecular flexibility index (Phi) is 6.84. The highest BCUT2D eigenvalue weighted by atomic mass is 32.2. The van der Waals surface area contributed by atoms with E-state index in [1.807, 2.05) is 24.3 Å². The Hall–Kier alpha value is -5.02. The molecule has 10 nitrogen and oxygen atoms in total. The predicted octanol–water partition coefficient (Wildman–Crippen LogP) is 4.71. The molecule has 0 bridgehead atoms. The zero-order valence-corrected chi connectivity index (χ0v) is 20.6. The molecule has 190 valence electrons. The molecule has 0 aliphatic carbocycles. The van der Waals surface area contributed by atoms with Gasteiger partial charge >= 0.3 is 0 Å². The van der Waals surface area contributed by atoms with Gasteiger partial charge in [-0.2, -0.15) is 15.2 Å². The van der Waals surface area contributed by atoms with E-state index in [1.165, 1.54) is 18.5 Å². The fourth-order valence-corrected chi connectivity index (χ4v) is 4.74. The zero-order chi connectivity index (χ0) is 26.5. The molecule has 2 heterocycles. The van der Waals surface area contributed by atoms with Crippen LogP contribution in [-0.4, -0.2) is 28.4 Å². The van der Waals surface area contributed by atoms with Crippen molar-refractivity contribution >= 4 is 44.3 Å². The summed E-state index contributed by atoms with van der Waals surface area (Å²) in [5, 5.41) is 15.2. The normalized spacial score (nSPS) is 11.2. The predicted molar refractivity (Wildman–Crippen MR) is 142 cm³/mol. The van der Waals surface area contributed by atoms with Gasteiger partial charge in [0.2, 0.25) is 5.95 Å². The van der Waals surface area contributed by atoms with Crippen LogP contribution in [0.3, 0.4) is 0 Å². The minimum Gasteiger partial charge on any atom is -0.364 e. The number of anilines is 4. The van der Waals surface area contributed by atoms with Crippen molar-refractivity contribution in [3.05, 3.63) is 96.1 Å². The highest BCUT2D eigenvalue weighted by Crippen LogP contribution is 2.24. The highest BCUT2D eigenvalue weighted by Gasteiger charge is 2.15. The summed E-state index contributed by atoms with van der Waals surface area (Å²) in [5.74, 6) is 0.269. The van der Waals surface area contributed by atoms with Gasteiger partial charge in [0, 0.05) is 12.2 Å². The van der Waals surface area contributed by atoms with E-state index in [4.69, 9.17) is 5.26 Å². The van der Waals surface area contributed by atoms with Gasteiger partial charge in [-0.25, -0.2) is 17.8 Å². The van der Waals surface area contributed by atoms with Crippen molar-refractivity contribution in [2.24, 2.45) is 0 Å². The van der Waals surface area contributed by atoms with Crippen LogP contribution in [0.2, 0.25) is 0 Å². The second-order valence-corrected chi connectivity index (χ2v) is 9.95. The first-order chi connectivity index (χ1) is 18.4. The van der Waals surface area contributed by atoms with Crippen molar-refractivity contribution in [3.8, 4) is 6.07 Å². The minimum absolute atomic E-state index is 0.0556. The number of nitrogens with zero attached hydrogens (tertiary/aromatic N) is 4. The summed E-state index contributed by atoms with van der Waals surface area (Å²) >= 11 is 0. The van der Waals surface area contributed by atoms with Crippen LogP contribution in [0.4, 0.5) is 27.5 Å². The van der Waals surface area contributed by atoms with Crippen LogP contribution in [0.1, 0.15) is 11.1 Å². The molecule has 5 rings (SSSR count). The molecule has 0 aliphatic rings. The maximum atomic E-state index is 13.2. The number of hydrogen-bond acceptors (Lipinski definition) is 8. The van der Waals surface area contributed by atoms with Crippen LogP contribution in [0.5, 0.6) is 0 Å². The number of aromatic amines is 1. The Balaban J connectivity index is 1.33. The van der Waals surface area contributed by atoms with Crippen LogP contribution in [0, 0.1) is 17.1 Å². The molecule has 0 atom stereocenters. The summed E-state index contributed by atoms with van der Waals surface area (Å²) in [5.41, 5.74) is 3.88. The van der Waals surface area contributed by atoms with E-state index in [2.05, 4.69) is 41.4 Å². The molecule has 0 spiro atoms. The van der Waals surface area contributed by atoms with Crippen molar-refractivity contribution in [1.82, 2.24) is 19.9 Å². The number of sulfonamides is 1. The van der Waals surface area contributed by atoms with Crippen molar-refractivity contribution in [2.75, 3.05) is 15.4 Å². The van der Waals surface area contributed by atoms with Gasteiger partial charge < -0.3 is 15.6 Å². The number of nitriles is 1. The van der Waals surface area contributed by atoms with Crippen molar-refractivity contribution < 1.29 is 12.8 Å². The number of rotatable bonds is 9. The Bertz CT molecular complexity index is 1730. The number of imidazole rings is 1. The molecule has 4 N–H and O–H groups in total. The highest BCUT2D eigenvalue weighted by molar-refractivity contribution is 7.92. The fraction of sp³-hybridized carbons (Fsp3) is 0.0769. The molecule has 0 aliphatic heterocycles. The van der Waals surface area contributed by atoms with E-state index in [-0.39, 0.29) is 10.8 Å². The molecular weight excluding hydrogens is 507 g/mol. The third-order valence-corrected chi connectivity index (χ3v) is 6.94. The first-order valence-electron chi connectivity index (χ1n) is 11.4. The molecule has 3 aromatic carbocycles. The summed E-state index contributed by atoms with van der Waals surface area (Å²) in [6.07, 6.45) is 1.88. The van der Waals surface area contributed by atoms with Crippen LogP contribution in [-0.2, 0) is 23.0 Å². The quantitative estimate of drug-likeness (QED) is 0.215. The largest absolute Gasteiger partial charge is 0.364 e. The number of nitrogens with one attached hydrogen (secondary N) is 4. The minimum atomic E-state index is -3.90. The number of benzene rings is 3. The van der Waals surface area contributed by atoms with Crippen LogP contribution in [0.15, 0.2) is 84.0 Å². The molecule has 0 saturated heterocycles. The number of hydrogen-bond donors (Lipinski definition) is 4. The first-order valence-corrected chi connectivity index (χ1v) is 12.9. The topological polar surface area (TPSA) is 148 Å². The van der Waals surface area contributed by atoms with E-state index < -0.39 is 15.8 Å². The van der Waals surface area contributed by atoms with Gasteiger partial charge in [0.15, 0.2) is 11.5 Å². The fourth-order valence-electron chi connectivity index (χ4n) is 3.69. The summed E-state index contributed by atoms with van der Waals surface area (Å²) < 4.78 is 41.0. The second kappa shape index (κ2) is 10.5. The molecule has 0 fully saturated rings. The van der Waals surface area contributed by atoms with Crippen LogP contribution in [0.25, 0.3) is 11.2 Å². The Morgan fingerprint density at radius 1 is 0.947 bits per heavy atom. The second-order valence-electron chi connectivity index (χ2n) is 8.27. The summed E-state index contributed by atoms with van der Waals surface area (Å²) in [6, 6.07) is 21.0. The number of H-pyrrole nitrogens is 1. The SMILES string of the molecule is N#CCc1ccc(CNc2nc(Nc3cccc(NS(=O)(=O)c4ccc(F)cc4)c3)nc3nc[nH]c23)cc1. The van der Waals surface area contributed by atoms with Gasteiger partial charge in [-0.05, 0) is 53.6 Å². The lowest BCUT2D eigenvalue weighted by molar-refractivity contribution is 0.599. The van der Waals surface area contributed by atoms with Gasteiger partial charge in [-0.1, -0.05) is 30.3 Å². The van der Waals surface area contributed by atoms with E-state index in [0.717, 1.165) is 23.3 Å². The Morgan fingerprint density at radius 3 is 2.45 bits per heavy atom. The maximum absolute atomic E-state index is 13.2.